The van der Waals surface area contributed by atoms with Crippen LogP contribution in [-0.2, 0) is 15.1 Å². The Morgan fingerprint density at radius 3 is 2.62 bits per heavy atom. The Morgan fingerprint density at radius 2 is 1.94 bits per heavy atom. The average Bonchev–Trinajstić information content (AvgIpc) is 3.16. The van der Waals surface area contributed by atoms with Crippen LogP contribution < -0.4 is 15.8 Å². The number of rotatable bonds is 2. The Bertz CT molecular complexity index is 915. The Labute approximate surface area is 191 Å². The number of carbonyl (C=O) groups excluding carboxylic acids is 1. The van der Waals surface area contributed by atoms with E-state index in [4.69, 9.17) is 20.2 Å². The second kappa shape index (κ2) is 7.96. The Balaban J connectivity index is 1.48. The molecule has 1 unspecified atom stereocenters. The van der Waals surface area contributed by atoms with Gasteiger partial charge in [0.15, 0.2) is 0 Å². The van der Waals surface area contributed by atoms with Crippen molar-refractivity contribution in [3.63, 3.8) is 0 Å². The quantitative estimate of drug-likeness (QED) is 0.717. The first-order valence-electron chi connectivity index (χ1n) is 12.4. The Morgan fingerprint density at radius 1 is 1.16 bits per heavy atom. The maximum atomic E-state index is 12.7. The van der Waals surface area contributed by atoms with Gasteiger partial charge in [-0.2, -0.15) is 0 Å². The zero-order valence-corrected chi connectivity index (χ0v) is 19.7. The van der Waals surface area contributed by atoms with Crippen LogP contribution in [0.4, 0.5) is 0 Å². The van der Waals surface area contributed by atoms with Crippen LogP contribution in [-0.4, -0.2) is 30.7 Å². The molecule has 2 heterocycles. The van der Waals surface area contributed by atoms with Crippen molar-refractivity contribution < 1.29 is 14.3 Å². The highest BCUT2D eigenvalue weighted by Crippen LogP contribution is 2.53. The molecule has 6 heteroatoms. The molecule has 4 aliphatic rings. The normalized spacial score (nSPS) is 32.3. The van der Waals surface area contributed by atoms with Crippen molar-refractivity contribution in [1.82, 2.24) is 5.32 Å². The minimum absolute atomic E-state index is 0.0593. The van der Waals surface area contributed by atoms with Crippen molar-refractivity contribution >= 4 is 11.9 Å². The monoisotopic (exact) mass is 439 g/mol. The smallest absolute Gasteiger partial charge is 0.283 e. The fourth-order valence-corrected chi connectivity index (χ4v) is 6.13. The molecule has 0 bridgehead atoms. The molecule has 1 aromatic carbocycles. The molecule has 2 fully saturated rings. The molecule has 5 rings (SSSR count). The first kappa shape index (κ1) is 21.6. The molecule has 1 spiro atoms. The summed E-state index contributed by atoms with van der Waals surface area (Å²) in [4.78, 5) is 17.6. The number of aliphatic imine (C=N–C) groups is 1. The number of amides is 1. The lowest BCUT2D eigenvalue weighted by Crippen LogP contribution is -2.55. The van der Waals surface area contributed by atoms with Crippen molar-refractivity contribution in [2.45, 2.75) is 95.7 Å². The molecule has 1 amide bonds. The van der Waals surface area contributed by atoms with Crippen molar-refractivity contribution in [3.05, 3.63) is 29.3 Å². The molecule has 2 aliphatic heterocycles. The summed E-state index contributed by atoms with van der Waals surface area (Å²) in [6, 6.07) is 7.10. The van der Waals surface area contributed by atoms with Crippen LogP contribution in [0.15, 0.2) is 23.2 Å². The average molecular weight is 440 g/mol. The molecule has 0 radical (unpaired) electrons. The van der Waals surface area contributed by atoms with Gasteiger partial charge in [0.1, 0.15) is 24.0 Å². The zero-order valence-electron chi connectivity index (χ0n) is 19.7. The molecule has 0 aromatic heterocycles. The lowest BCUT2D eigenvalue weighted by atomic mass is 9.66. The third-order valence-corrected chi connectivity index (χ3v) is 7.99. The fourth-order valence-electron chi connectivity index (χ4n) is 6.13. The van der Waals surface area contributed by atoms with Crippen LogP contribution in [0.2, 0.25) is 0 Å². The van der Waals surface area contributed by atoms with Gasteiger partial charge in [-0.3, -0.25) is 4.79 Å². The third kappa shape index (κ3) is 3.75. The summed E-state index contributed by atoms with van der Waals surface area (Å²) in [5.41, 5.74) is 7.66. The number of nitrogens with zero attached hydrogens (tertiary/aromatic N) is 1. The van der Waals surface area contributed by atoms with Crippen LogP contribution in [0, 0.1) is 11.3 Å². The lowest BCUT2D eigenvalue weighted by molar-refractivity contribution is -0.130. The van der Waals surface area contributed by atoms with E-state index >= 15 is 0 Å². The summed E-state index contributed by atoms with van der Waals surface area (Å²) in [7, 11) is 0. The number of amidine groups is 1. The maximum Gasteiger partial charge on any atom is 0.283 e. The van der Waals surface area contributed by atoms with E-state index in [1.807, 2.05) is 20.8 Å². The van der Waals surface area contributed by atoms with Crippen molar-refractivity contribution in [1.29, 1.82) is 0 Å². The van der Waals surface area contributed by atoms with E-state index in [0.717, 1.165) is 30.6 Å². The van der Waals surface area contributed by atoms with Gasteiger partial charge in [-0.1, -0.05) is 46.1 Å². The van der Waals surface area contributed by atoms with Crippen LogP contribution >= 0.6 is 0 Å². The highest BCUT2D eigenvalue weighted by molar-refractivity contribution is 5.81. The highest BCUT2D eigenvalue weighted by Gasteiger charge is 2.55. The van der Waals surface area contributed by atoms with Gasteiger partial charge in [-0.15, -0.1) is 0 Å². The number of hydrogen-bond acceptors (Lipinski definition) is 5. The van der Waals surface area contributed by atoms with Crippen LogP contribution in [0.25, 0.3) is 0 Å². The third-order valence-electron chi connectivity index (χ3n) is 7.99. The van der Waals surface area contributed by atoms with Crippen molar-refractivity contribution in [2.75, 3.05) is 6.61 Å². The predicted molar refractivity (Wildman–Crippen MR) is 125 cm³/mol. The summed E-state index contributed by atoms with van der Waals surface area (Å²) in [6.45, 7) is 6.32. The number of hydrogen-bond donors (Lipinski definition) is 2. The molecular formula is C26H37N3O3. The number of ether oxygens (including phenoxy) is 2. The van der Waals surface area contributed by atoms with Gasteiger partial charge in [-0.05, 0) is 55.7 Å². The van der Waals surface area contributed by atoms with E-state index in [1.54, 1.807) is 0 Å². The molecule has 3 N–H and O–H groups in total. The van der Waals surface area contributed by atoms with E-state index < -0.39 is 11.0 Å². The van der Waals surface area contributed by atoms with E-state index in [0.29, 0.717) is 12.5 Å². The second-order valence-electron chi connectivity index (χ2n) is 11.2. The zero-order chi connectivity index (χ0) is 22.5. The summed E-state index contributed by atoms with van der Waals surface area (Å²) >= 11 is 0. The summed E-state index contributed by atoms with van der Waals surface area (Å²) in [6.07, 6.45) is 9.13. The van der Waals surface area contributed by atoms with Gasteiger partial charge in [0.05, 0.1) is 0 Å². The molecule has 6 nitrogen and oxygen atoms in total. The largest absolute Gasteiger partial charge is 0.490 e. The Kier molecular flexibility index (Phi) is 5.37. The molecule has 4 atom stereocenters. The summed E-state index contributed by atoms with van der Waals surface area (Å²) in [5, 5.41) is 3.28. The topological polar surface area (TPSA) is 85.9 Å². The number of fused-ring (bicyclic) bond motifs is 4. The number of carbonyl (C=O) groups is 1. The van der Waals surface area contributed by atoms with Gasteiger partial charge in [0.2, 0.25) is 5.91 Å². The summed E-state index contributed by atoms with van der Waals surface area (Å²) < 4.78 is 12.3. The van der Waals surface area contributed by atoms with Gasteiger partial charge in [0, 0.05) is 22.9 Å². The van der Waals surface area contributed by atoms with Crippen molar-refractivity contribution in [2.24, 2.45) is 22.1 Å². The van der Waals surface area contributed by atoms with Crippen molar-refractivity contribution in [3.8, 4) is 5.75 Å². The maximum absolute atomic E-state index is 12.7. The Hall–Kier alpha value is -2.24. The predicted octanol–water partition coefficient (Wildman–Crippen LogP) is 4.37. The number of nitrogens with two attached hydrogens (primary N) is 1. The van der Waals surface area contributed by atoms with E-state index in [-0.39, 0.29) is 30.0 Å². The minimum Gasteiger partial charge on any atom is -0.490 e. The van der Waals surface area contributed by atoms with Gasteiger partial charge >= 0.3 is 0 Å². The van der Waals surface area contributed by atoms with Gasteiger partial charge in [0.25, 0.3) is 6.02 Å². The SMILES string of the molecule is CC(C)(C)C(=O)N[C@@H]1CC[C@@H]2Oc3ccc(C4CCCCC4)cc3C3(COC(N)=N3)[C@H]2C1. The fraction of sp³-hybridized carbons (Fsp3) is 0.692. The molecule has 2 aliphatic carbocycles. The standard InChI is InChI=1S/C26H37N3O3/c1-25(2,3)23(30)28-18-10-12-22-20(14-18)26(15-31-24(27)29-26)19-13-17(9-11-21(19)32-22)16-7-5-4-6-8-16/h9,11,13,16,18,20,22H,4-8,10,12,14-15H2,1-3H3,(H2,27,29)(H,28,30)/t18-,20+,22+,26?/m1/s1. The summed E-state index contributed by atoms with van der Waals surface area (Å²) in [5.74, 6) is 1.75. The van der Waals surface area contributed by atoms with Crippen LogP contribution in [0.1, 0.15) is 89.2 Å². The molecule has 0 saturated heterocycles. The minimum atomic E-state index is -0.530. The highest BCUT2D eigenvalue weighted by atomic mass is 16.5. The molecule has 1 aromatic rings. The molecular weight excluding hydrogens is 402 g/mol. The van der Waals surface area contributed by atoms with Gasteiger partial charge in [-0.25, -0.2) is 4.99 Å². The van der Waals surface area contributed by atoms with Crippen LogP contribution in [0.5, 0.6) is 5.75 Å². The van der Waals surface area contributed by atoms with Crippen LogP contribution in [0.3, 0.4) is 0 Å². The van der Waals surface area contributed by atoms with Gasteiger partial charge < -0.3 is 20.5 Å². The molecule has 174 valence electrons. The van der Waals surface area contributed by atoms with E-state index in [9.17, 15) is 4.79 Å². The lowest BCUT2D eigenvalue weighted by Gasteiger charge is -2.48. The van der Waals surface area contributed by atoms with E-state index in [1.165, 1.54) is 37.7 Å². The first-order valence-corrected chi connectivity index (χ1v) is 12.4. The number of benzene rings is 1. The number of nitrogens with one attached hydrogen (secondary N) is 1. The van der Waals surface area contributed by atoms with E-state index in [2.05, 4.69) is 23.5 Å². The first-order chi connectivity index (χ1) is 15.3. The molecule has 32 heavy (non-hydrogen) atoms. The second-order valence-corrected chi connectivity index (χ2v) is 11.2. The molecule has 2 saturated carbocycles.